The Balaban J connectivity index is 1.43. The predicted molar refractivity (Wildman–Crippen MR) is 118 cm³/mol. The zero-order valence-corrected chi connectivity index (χ0v) is 17.9. The molecular formula is C22H24N6O5. The number of rotatable bonds is 5. The summed E-state index contributed by atoms with van der Waals surface area (Å²) in [6.07, 6.45) is 0. The summed E-state index contributed by atoms with van der Waals surface area (Å²) in [6, 6.07) is 7.24. The number of morpholine rings is 1. The van der Waals surface area contributed by atoms with Crippen LogP contribution in [0.1, 0.15) is 17.0 Å². The lowest BCUT2D eigenvalue weighted by Gasteiger charge is -2.29. The molecule has 1 aromatic heterocycles. The molecule has 2 aromatic rings. The molecule has 3 aliphatic heterocycles. The molecule has 11 nitrogen and oxygen atoms in total. The highest BCUT2D eigenvalue weighted by atomic mass is 16.6. The van der Waals surface area contributed by atoms with Gasteiger partial charge >= 0.3 is 0 Å². The SMILES string of the molecule is N#CC1C(=O)Nc2nc(NCCN3CCOCC3)[nH]c(=O)c2C1c1ccc2c(c1)OCCO2. The van der Waals surface area contributed by atoms with Gasteiger partial charge in [-0.1, -0.05) is 6.07 Å². The summed E-state index contributed by atoms with van der Waals surface area (Å²) in [5.41, 5.74) is 0.452. The fourth-order valence-corrected chi connectivity index (χ4v) is 4.37. The molecular weight excluding hydrogens is 428 g/mol. The Hall–Kier alpha value is -3.62. The van der Waals surface area contributed by atoms with E-state index < -0.39 is 23.3 Å². The fraction of sp³-hybridized carbons (Fsp3) is 0.455. The number of carbonyl (C=O) groups is 1. The summed E-state index contributed by atoms with van der Waals surface area (Å²) >= 11 is 0. The van der Waals surface area contributed by atoms with Crippen LogP contribution in [0, 0.1) is 17.2 Å². The highest BCUT2D eigenvalue weighted by molar-refractivity contribution is 5.98. The lowest BCUT2D eigenvalue weighted by Crippen LogP contribution is -2.40. The van der Waals surface area contributed by atoms with Crippen molar-refractivity contribution >= 4 is 17.7 Å². The second kappa shape index (κ2) is 9.09. The number of hydrogen-bond acceptors (Lipinski definition) is 9. The summed E-state index contributed by atoms with van der Waals surface area (Å²) in [4.78, 5) is 35.3. The van der Waals surface area contributed by atoms with Gasteiger partial charge in [0.25, 0.3) is 5.56 Å². The molecule has 0 aliphatic carbocycles. The first-order chi connectivity index (χ1) is 16.1. The maximum atomic E-state index is 13.1. The second-order valence-corrected chi connectivity index (χ2v) is 8.03. The van der Waals surface area contributed by atoms with E-state index in [4.69, 9.17) is 14.2 Å². The maximum absolute atomic E-state index is 13.1. The van der Waals surface area contributed by atoms with Crippen LogP contribution in [0.25, 0.3) is 0 Å². The lowest BCUT2D eigenvalue weighted by atomic mass is 9.79. The normalized spacial score (nSPS) is 22.1. The van der Waals surface area contributed by atoms with Crippen molar-refractivity contribution in [2.24, 2.45) is 5.92 Å². The van der Waals surface area contributed by atoms with Crippen LogP contribution in [0.3, 0.4) is 0 Å². The number of carbonyl (C=O) groups excluding carboxylic acids is 1. The average Bonchev–Trinajstić information content (AvgIpc) is 2.83. The van der Waals surface area contributed by atoms with Gasteiger partial charge in [0.05, 0.1) is 24.8 Å². The van der Waals surface area contributed by atoms with Gasteiger partial charge in [-0.25, -0.2) is 0 Å². The minimum atomic E-state index is -1.08. The van der Waals surface area contributed by atoms with E-state index in [0.29, 0.717) is 50.0 Å². The van der Waals surface area contributed by atoms with Crippen molar-refractivity contribution in [3.05, 3.63) is 39.7 Å². The molecule has 4 heterocycles. The number of ether oxygens (including phenoxy) is 3. The number of H-pyrrole nitrogens is 1. The summed E-state index contributed by atoms with van der Waals surface area (Å²) in [5.74, 6) is -0.828. The number of aromatic nitrogens is 2. The third kappa shape index (κ3) is 4.22. The van der Waals surface area contributed by atoms with Crippen molar-refractivity contribution in [1.29, 1.82) is 5.26 Å². The minimum absolute atomic E-state index is 0.156. The summed E-state index contributed by atoms with van der Waals surface area (Å²) < 4.78 is 16.6. The molecule has 3 N–H and O–H groups in total. The molecule has 1 aromatic carbocycles. The van der Waals surface area contributed by atoms with Gasteiger partial charge in [-0.3, -0.25) is 19.5 Å². The van der Waals surface area contributed by atoms with E-state index in [9.17, 15) is 14.9 Å². The Bertz CT molecular complexity index is 1150. The lowest BCUT2D eigenvalue weighted by molar-refractivity contribution is -0.119. The van der Waals surface area contributed by atoms with Crippen LogP contribution in [0.2, 0.25) is 0 Å². The first-order valence-electron chi connectivity index (χ1n) is 10.9. The van der Waals surface area contributed by atoms with E-state index in [1.807, 2.05) is 6.07 Å². The number of amides is 1. The Labute approximate surface area is 189 Å². The standard InChI is InChI=1S/C22H24N6O5/c23-12-14-17(13-1-2-15-16(11-13)33-10-9-32-15)18-19(25-20(14)29)26-22(27-21(18)30)24-3-4-28-5-7-31-8-6-28/h1-2,11,14,17H,3-10H2,(H3,24,25,26,27,29,30). The van der Waals surface area contributed by atoms with Crippen LogP contribution in [0.4, 0.5) is 11.8 Å². The number of aromatic amines is 1. The van der Waals surface area contributed by atoms with Crippen molar-refractivity contribution < 1.29 is 19.0 Å². The number of benzene rings is 1. The third-order valence-electron chi connectivity index (χ3n) is 6.01. The monoisotopic (exact) mass is 452 g/mol. The average molecular weight is 452 g/mol. The van der Waals surface area contributed by atoms with Gasteiger partial charge in [-0.05, 0) is 17.7 Å². The maximum Gasteiger partial charge on any atom is 0.258 e. The summed E-state index contributed by atoms with van der Waals surface area (Å²) in [6.45, 7) is 5.34. The number of anilines is 2. The van der Waals surface area contributed by atoms with Gasteiger partial charge < -0.3 is 24.8 Å². The van der Waals surface area contributed by atoms with E-state index >= 15 is 0 Å². The highest BCUT2D eigenvalue weighted by Gasteiger charge is 2.40. The third-order valence-corrected chi connectivity index (χ3v) is 6.01. The molecule has 172 valence electrons. The minimum Gasteiger partial charge on any atom is -0.486 e. The first kappa shape index (κ1) is 21.2. The number of hydrogen-bond donors (Lipinski definition) is 3. The fourth-order valence-electron chi connectivity index (χ4n) is 4.37. The van der Waals surface area contributed by atoms with Gasteiger partial charge in [0.1, 0.15) is 24.9 Å². The molecule has 0 spiro atoms. The Morgan fingerprint density at radius 3 is 2.73 bits per heavy atom. The molecule has 1 saturated heterocycles. The Morgan fingerprint density at radius 2 is 1.94 bits per heavy atom. The Kier molecular flexibility index (Phi) is 5.85. The number of nitrogens with one attached hydrogen (secondary N) is 3. The zero-order chi connectivity index (χ0) is 22.8. The number of fused-ring (bicyclic) bond motifs is 2. The largest absolute Gasteiger partial charge is 0.486 e. The van der Waals surface area contributed by atoms with Gasteiger partial charge in [0.15, 0.2) is 11.5 Å². The van der Waals surface area contributed by atoms with E-state index in [1.54, 1.807) is 18.2 Å². The molecule has 3 aliphatic rings. The van der Waals surface area contributed by atoms with E-state index in [2.05, 4.69) is 25.5 Å². The number of nitrogens with zero attached hydrogens (tertiary/aromatic N) is 3. The van der Waals surface area contributed by atoms with E-state index in [-0.39, 0.29) is 17.3 Å². The number of nitriles is 1. The van der Waals surface area contributed by atoms with E-state index in [1.165, 1.54) is 0 Å². The van der Waals surface area contributed by atoms with Gasteiger partial charge in [-0.2, -0.15) is 10.2 Å². The van der Waals surface area contributed by atoms with Crippen LogP contribution in [0.5, 0.6) is 11.5 Å². The molecule has 0 bridgehead atoms. The van der Waals surface area contributed by atoms with Crippen molar-refractivity contribution in [2.75, 3.05) is 63.2 Å². The second-order valence-electron chi connectivity index (χ2n) is 8.03. The van der Waals surface area contributed by atoms with Gasteiger partial charge in [0, 0.05) is 32.1 Å². The smallest absolute Gasteiger partial charge is 0.258 e. The molecule has 2 unspecified atom stereocenters. The molecule has 11 heteroatoms. The first-order valence-corrected chi connectivity index (χ1v) is 10.9. The van der Waals surface area contributed by atoms with Gasteiger partial charge in [-0.15, -0.1) is 0 Å². The summed E-state index contributed by atoms with van der Waals surface area (Å²) in [5, 5.41) is 15.5. The molecule has 5 rings (SSSR count). The molecule has 1 amide bonds. The quantitative estimate of drug-likeness (QED) is 0.591. The summed E-state index contributed by atoms with van der Waals surface area (Å²) in [7, 11) is 0. The highest BCUT2D eigenvalue weighted by Crippen LogP contribution is 2.41. The van der Waals surface area contributed by atoms with E-state index in [0.717, 1.165) is 19.6 Å². The van der Waals surface area contributed by atoms with Crippen molar-refractivity contribution in [3.8, 4) is 17.6 Å². The van der Waals surface area contributed by atoms with Crippen molar-refractivity contribution in [2.45, 2.75) is 5.92 Å². The molecule has 1 fully saturated rings. The molecule has 33 heavy (non-hydrogen) atoms. The zero-order valence-electron chi connectivity index (χ0n) is 17.9. The van der Waals surface area contributed by atoms with Crippen LogP contribution in [-0.2, 0) is 9.53 Å². The van der Waals surface area contributed by atoms with Gasteiger partial charge in [0.2, 0.25) is 11.9 Å². The van der Waals surface area contributed by atoms with Crippen molar-refractivity contribution in [3.63, 3.8) is 0 Å². The molecule has 0 radical (unpaired) electrons. The van der Waals surface area contributed by atoms with Crippen LogP contribution in [0.15, 0.2) is 23.0 Å². The topological polar surface area (TPSA) is 142 Å². The Morgan fingerprint density at radius 1 is 1.15 bits per heavy atom. The molecule has 0 saturated carbocycles. The molecule has 2 atom stereocenters. The van der Waals surface area contributed by atoms with Crippen LogP contribution < -0.4 is 25.7 Å². The van der Waals surface area contributed by atoms with Crippen LogP contribution in [-0.4, -0.2) is 73.4 Å². The van der Waals surface area contributed by atoms with Crippen LogP contribution >= 0.6 is 0 Å². The van der Waals surface area contributed by atoms with Crippen molar-refractivity contribution in [1.82, 2.24) is 14.9 Å². The predicted octanol–water partition coefficient (Wildman–Crippen LogP) is 0.509.